The van der Waals surface area contributed by atoms with Crippen molar-refractivity contribution in [3.63, 3.8) is 0 Å². The summed E-state index contributed by atoms with van der Waals surface area (Å²) in [5.74, 6) is 1.90. The number of anilines is 1. The lowest BCUT2D eigenvalue weighted by molar-refractivity contribution is 0.311. The van der Waals surface area contributed by atoms with Crippen molar-refractivity contribution in [3.05, 3.63) is 89.5 Å². The third-order valence-electron chi connectivity index (χ3n) is 4.66. The van der Waals surface area contributed by atoms with Crippen LogP contribution in [-0.4, -0.2) is 19.8 Å². The van der Waals surface area contributed by atoms with E-state index in [1.54, 1.807) is 0 Å². The van der Waals surface area contributed by atoms with Crippen LogP contribution in [0.15, 0.2) is 72.8 Å². The molecule has 0 aromatic heterocycles. The molecule has 0 amide bonds. The van der Waals surface area contributed by atoms with Crippen LogP contribution in [0.5, 0.6) is 11.5 Å². The second-order valence-corrected chi connectivity index (χ2v) is 6.96. The summed E-state index contributed by atoms with van der Waals surface area (Å²) in [6.45, 7) is 6.27. The Balaban J connectivity index is 1.35. The Morgan fingerprint density at radius 3 is 2.14 bits per heavy atom. The summed E-state index contributed by atoms with van der Waals surface area (Å²) in [6.07, 6.45) is 2.06. The van der Waals surface area contributed by atoms with Gasteiger partial charge in [-0.1, -0.05) is 48.5 Å². The molecule has 0 saturated carbocycles. The fourth-order valence-corrected chi connectivity index (χ4v) is 3.16. The molecular weight excluding hydrogens is 346 g/mol. The summed E-state index contributed by atoms with van der Waals surface area (Å²) in [7, 11) is 0. The van der Waals surface area contributed by atoms with Gasteiger partial charge in [-0.2, -0.15) is 0 Å². The van der Waals surface area contributed by atoms with Crippen molar-refractivity contribution in [3.8, 4) is 11.5 Å². The molecule has 0 radical (unpaired) electrons. The lowest BCUT2D eigenvalue weighted by Gasteiger charge is -2.13. The van der Waals surface area contributed by atoms with Gasteiger partial charge in [-0.25, -0.2) is 0 Å². The minimum atomic E-state index is 0.628. The molecule has 3 aromatic carbocycles. The van der Waals surface area contributed by atoms with E-state index in [0.717, 1.165) is 43.2 Å². The zero-order chi connectivity index (χ0) is 19.6. The van der Waals surface area contributed by atoms with Crippen LogP contribution in [-0.2, 0) is 6.42 Å². The van der Waals surface area contributed by atoms with Crippen LogP contribution in [0.3, 0.4) is 0 Å². The van der Waals surface area contributed by atoms with E-state index in [4.69, 9.17) is 9.47 Å². The molecular formula is C25H29NO2. The van der Waals surface area contributed by atoms with Crippen molar-refractivity contribution in [2.45, 2.75) is 26.7 Å². The largest absolute Gasteiger partial charge is 0.494 e. The molecule has 146 valence electrons. The van der Waals surface area contributed by atoms with E-state index in [9.17, 15) is 0 Å². The highest BCUT2D eigenvalue weighted by Gasteiger charge is 2.02. The third kappa shape index (κ3) is 6.05. The molecule has 0 fully saturated rings. The minimum Gasteiger partial charge on any atom is -0.494 e. The van der Waals surface area contributed by atoms with E-state index < -0.39 is 0 Å². The quantitative estimate of drug-likeness (QED) is 0.454. The standard InChI is InChI=1S/C25H29NO2/c1-20-8-6-9-21(2)25(20)28-19-17-26-23-13-15-24(16-14-23)27-18-7-12-22-10-4-3-5-11-22/h3-6,8-11,13-16,26H,7,12,17-19H2,1-2H3. The Hall–Kier alpha value is -2.94. The number of nitrogens with one attached hydrogen (secondary N) is 1. The first-order valence-corrected chi connectivity index (χ1v) is 9.92. The molecule has 28 heavy (non-hydrogen) atoms. The SMILES string of the molecule is Cc1cccc(C)c1OCCNc1ccc(OCCCc2ccccc2)cc1. The van der Waals surface area contributed by atoms with Crippen molar-refractivity contribution >= 4 is 5.69 Å². The molecule has 3 aromatic rings. The van der Waals surface area contributed by atoms with Gasteiger partial charge in [-0.05, 0) is 67.6 Å². The number of ether oxygens (including phenoxy) is 2. The van der Waals surface area contributed by atoms with Crippen LogP contribution in [0.25, 0.3) is 0 Å². The molecule has 3 rings (SSSR count). The van der Waals surface area contributed by atoms with Gasteiger partial charge in [0, 0.05) is 12.2 Å². The molecule has 0 atom stereocenters. The van der Waals surface area contributed by atoms with Crippen molar-refractivity contribution in [2.75, 3.05) is 25.1 Å². The second-order valence-electron chi connectivity index (χ2n) is 6.96. The first-order chi connectivity index (χ1) is 13.7. The Labute approximate surface area is 168 Å². The van der Waals surface area contributed by atoms with E-state index in [1.165, 1.54) is 16.7 Å². The maximum absolute atomic E-state index is 5.93. The van der Waals surface area contributed by atoms with E-state index in [0.29, 0.717) is 6.61 Å². The van der Waals surface area contributed by atoms with E-state index in [2.05, 4.69) is 61.6 Å². The highest BCUT2D eigenvalue weighted by atomic mass is 16.5. The van der Waals surface area contributed by atoms with Gasteiger partial charge in [0.1, 0.15) is 18.1 Å². The fraction of sp³-hybridized carbons (Fsp3) is 0.280. The van der Waals surface area contributed by atoms with Crippen LogP contribution in [0.4, 0.5) is 5.69 Å². The summed E-state index contributed by atoms with van der Waals surface area (Å²) in [5, 5.41) is 3.39. The van der Waals surface area contributed by atoms with Gasteiger partial charge in [-0.3, -0.25) is 0 Å². The molecule has 0 bridgehead atoms. The third-order valence-corrected chi connectivity index (χ3v) is 4.66. The maximum Gasteiger partial charge on any atom is 0.125 e. The number of aryl methyl sites for hydroxylation is 3. The Kier molecular flexibility index (Phi) is 7.36. The van der Waals surface area contributed by atoms with Crippen molar-refractivity contribution in [2.24, 2.45) is 0 Å². The summed E-state index contributed by atoms with van der Waals surface area (Å²) < 4.78 is 11.8. The molecule has 0 unspecified atom stereocenters. The lowest BCUT2D eigenvalue weighted by Crippen LogP contribution is -2.12. The number of para-hydroxylation sites is 1. The predicted octanol–water partition coefficient (Wildman–Crippen LogP) is 5.81. The van der Waals surface area contributed by atoms with E-state index in [1.807, 2.05) is 30.3 Å². The van der Waals surface area contributed by atoms with Gasteiger partial charge in [0.25, 0.3) is 0 Å². The average molecular weight is 376 g/mol. The van der Waals surface area contributed by atoms with Gasteiger partial charge in [0.2, 0.25) is 0 Å². The van der Waals surface area contributed by atoms with E-state index in [-0.39, 0.29) is 0 Å². The van der Waals surface area contributed by atoms with Crippen molar-refractivity contribution in [1.29, 1.82) is 0 Å². The van der Waals surface area contributed by atoms with E-state index >= 15 is 0 Å². The smallest absolute Gasteiger partial charge is 0.125 e. The first-order valence-electron chi connectivity index (χ1n) is 9.92. The summed E-state index contributed by atoms with van der Waals surface area (Å²) >= 11 is 0. The molecule has 0 saturated heterocycles. The van der Waals surface area contributed by atoms with Gasteiger partial charge in [-0.15, -0.1) is 0 Å². The average Bonchev–Trinajstić information content (AvgIpc) is 2.72. The Bertz CT molecular complexity index is 824. The van der Waals surface area contributed by atoms with Crippen LogP contribution in [0.2, 0.25) is 0 Å². The van der Waals surface area contributed by atoms with Crippen molar-refractivity contribution in [1.82, 2.24) is 0 Å². The van der Waals surface area contributed by atoms with Crippen LogP contribution in [0.1, 0.15) is 23.1 Å². The molecule has 1 N–H and O–H groups in total. The summed E-state index contributed by atoms with van der Waals surface area (Å²) in [6, 6.07) is 24.8. The fourth-order valence-electron chi connectivity index (χ4n) is 3.16. The highest BCUT2D eigenvalue weighted by Crippen LogP contribution is 2.22. The van der Waals surface area contributed by atoms with Gasteiger partial charge in [0.15, 0.2) is 0 Å². The van der Waals surface area contributed by atoms with Crippen LogP contribution in [0, 0.1) is 13.8 Å². The molecule has 0 spiro atoms. The molecule has 0 aliphatic heterocycles. The molecule has 0 aliphatic carbocycles. The van der Waals surface area contributed by atoms with Crippen LogP contribution >= 0.6 is 0 Å². The number of benzene rings is 3. The second kappa shape index (κ2) is 10.4. The van der Waals surface area contributed by atoms with Gasteiger partial charge >= 0.3 is 0 Å². The molecule has 0 heterocycles. The minimum absolute atomic E-state index is 0.628. The van der Waals surface area contributed by atoms with Crippen molar-refractivity contribution < 1.29 is 9.47 Å². The monoisotopic (exact) mass is 375 g/mol. The summed E-state index contributed by atoms with van der Waals surface area (Å²) in [4.78, 5) is 0. The topological polar surface area (TPSA) is 30.5 Å². The van der Waals surface area contributed by atoms with Gasteiger partial charge in [0.05, 0.1) is 6.61 Å². The zero-order valence-electron chi connectivity index (χ0n) is 16.8. The molecule has 3 nitrogen and oxygen atoms in total. The number of rotatable bonds is 10. The predicted molar refractivity (Wildman–Crippen MR) is 117 cm³/mol. The maximum atomic E-state index is 5.93. The van der Waals surface area contributed by atoms with Crippen LogP contribution < -0.4 is 14.8 Å². The Morgan fingerprint density at radius 1 is 0.714 bits per heavy atom. The lowest BCUT2D eigenvalue weighted by atomic mass is 10.1. The number of hydrogen-bond donors (Lipinski definition) is 1. The molecule has 3 heteroatoms. The van der Waals surface area contributed by atoms with Gasteiger partial charge < -0.3 is 14.8 Å². The Morgan fingerprint density at radius 2 is 1.43 bits per heavy atom. The zero-order valence-corrected chi connectivity index (χ0v) is 16.8. The first kappa shape index (κ1) is 19.8. The highest BCUT2D eigenvalue weighted by molar-refractivity contribution is 5.46. The normalized spacial score (nSPS) is 10.5. The summed E-state index contributed by atoms with van der Waals surface area (Å²) in [5.41, 5.74) is 4.78. The molecule has 0 aliphatic rings. The number of hydrogen-bond acceptors (Lipinski definition) is 3.